The fourth-order valence-electron chi connectivity index (χ4n) is 3.16. The average Bonchev–Trinajstić information content (AvgIpc) is 3.18. The Bertz CT molecular complexity index is 1040. The first-order valence-corrected chi connectivity index (χ1v) is 9.31. The predicted molar refractivity (Wildman–Crippen MR) is 104 cm³/mol. The topological polar surface area (TPSA) is 74.3 Å². The number of nitrogens with zero attached hydrogens (tertiary/aromatic N) is 2. The van der Waals surface area contributed by atoms with Crippen molar-refractivity contribution in [3.05, 3.63) is 53.8 Å². The molecule has 0 spiro atoms. The Hall–Kier alpha value is -3.00. The van der Waals surface area contributed by atoms with E-state index < -0.39 is 11.8 Å². The van der Waals surface area contributed by atoms with E-state index in [1.54, 1.807) is 12.1 Å². The van der Waals surface area contributed by atoms with Gasteiger partial charge in [-0.3, -0.25) is 10.1 Å². The number of aromatic nitrogens is 1. The molecule has 1 atom stereocenters. The summed E-state index contributed by atoms with van der Waals surface area (Å²) in [5.41, 5.74) is 2.40. The second-order valence-corrected chi connectivity index (χ2v) is 7.46. The lowest BCUT2D eigenvalue weighted by Gasteiger charge is -2.17. The van der Waals surface area contributed by atoms with Crippen molar-refractivity contribution in [2.24, 2.45) is 0 Å². The number of para-hydroxylation sites is 1. The molecule has 0 unspecified atom stereocenters. The first-order valence-electron chi connectivity index (χ1n) is 8.49. The highest BCUT2D eigenvalue weighted by Gasteiger charge is 2.31. The lowest BCUT2D eigenvalue weighted by molar-refractivity contribution is -0.117. The summed E-state index contributed by atoms with van der Waals surface area (Å²) in [6, 6.07) is 11.0. The maximum absolute atomic E-state index is 13.4. The molecule has 1 aliphatic rings. The van der Waals surface area contributed by atoms with Gasteiger partial charge in [-0.2, -0.15) is 0 Å². The van der Waals surface area contributed by atoms with Crippen LogP contribution in [-0.4, -0.2) is 29.5 Å². The van der Waals surface area contributed by atoms with Gasteiger partial charge in [0.15, 0.2) is 5.13 Å². The fourth-order valence-corrected chi connectivity index (χ4v) is 4.09. The van der Waals surface area contributed by atoms with Crippen LogP contribution in [0.15, 0.2) is 42.5 Å². The van der Waals surface area contributed by atoms with E-state index in [4.69, 9.17) is 0 Å². The van der Waals surface area contributed by atoms with Crippen LogP contribution in [0, 0.1) is 12.7 Å². The number of hydrogen-bond donors (Lipinski definition) is 2. The molecule has 138 valence electrons. The van der Waals surface area contributed by atoms with Crippen molar-refractivity contribution in [2.45, 2.75) is 19.4 Å². The monoisotopic (exact) mass is 384 g/mol. The van der Waals surface area contributed by atoms with E-state index in [9.17, 15) is 14.0 Å². The van der Waals surface area contributed by atoms with Crippen molar-refractivity contribution in [2.75, 3.05) is 16.8 Å². The Morgan fingerprint density at radius 1 is 1.30 bits per heavy atom. The minimum Gasteiger partial charge on any atom is -0.333 e. The highest BCUT2D eigenvalue weighted by Crippen LogP contribution is 2.28. The van der Waals surface area contributed by atoms with Crippen molar-refractivity contribution in [1.29, 1.82) is 0 Å². The molecule has 1 saturated heterocycles. The molecule has 1 fully saturated rings. The SMILES string of the molecule is Cc1cccc2sc(NC(=O)N[C@H]3CC(=O)N(c4cccc(F)c4)C3)nc12. The van der Waals surface area contributed by atoms with Gasteiger partial charge in [-0.1, -0.05) is 29.5 Å². The standard InChI is InChI=1S/C19H17FN4O2S/c1-11-4-2-7-15-17(11)22-19(27-15)23-18(26)21-13-9-16(25)24(10-13)14-6-3-5-12(20)8-14/h2-8,13H,9-10H2,1H3,(H2,21,22,23,26)/t13-/m0/s1. The van der Waals surface area contributed by atoms with Crippen LogP contribution in [0.3, 0.4) is 0 Å². The molecule has 2 aromatic carbocycles. The van der Waals surface area contributed by atoms with Gasteiger partial charge in [0, 0.05) is 18.7 Å². The number of benzene rings is 2. The average molecular weight is 384 g/mol. The predicted octanol–water partition coefficient (Wildman–Crippen LogP) is 3.67. The molecule has 0 radical (unpaired) electrons. The molecule has 6 nitrogen and oxygen atoms in total. The van der Waals surface area contributed by atoms with Crippen LogP contribution in [0.5, 0.6) is 0 Å². The minimum absolute atomic E-state index is 0.151. The van der Waals surface area contributed by atoms with Crippen LogP contribution in [0.25, 0.3) is 10.2 Å². The Morgan fingerprint density at radius 3 is 2.89 bits per heavy atom. The zero-order chi connectivity index (χ0) is 19.0. The Morgan fingerprint density at radius 2 is 2.11 bits per heavy atom. The van der Waals surface area contributed by atoms with Crippen molar-refractivity contribution in [3.8, 4) is 0 Å². The molecule has 3 aromatic rings. The zero-order valence-corrected chi connectivity index (χ0v) is 15.3. The van der Waals surface area contributed by atoms with E-state index in [1.807, 2.05) is 25.1 Å². The maximum atomic E-state index is 13.4. The van der Waals surface area contributed by atoms with Crippen LogP contribution < -0.4 is 15.5 Å². The molecule has 8 heteroatoms. The van der Waals surface area contributed by atoms with Gasteiger partial charge in [0.05, 0.1) is 16.3 Å². The number of rotatable bonds is 3. The summed E-state index contributed by atoms with van der Waals surface area (Å²) in [5, 5.41) is 6.03. The smallest absolute Gasteiger partial charge is 0.321 e. The number of urea groups is 1. The first-order chi connectivity index (χ1) is 13.0. The summed E-state index contributed by atoms with van der Waals surface area (Å²) >= 11 is 1.40. The number of aryl methyl sites for hydroxylation is 1. The molecule has 1 aromatic heterocycles. The molecule has 0 aliphatic carbocycles. The number of fused-ring (bicyclic) bond motifs is 1. The van der Waals surface area contributed by atoms with E-state index in [1.165, 1.54) is 28.4 Å². The minimum atomic E-state index is -0.411. The second-order valence-electron chi connectivity index (χ2n) is 6.42. The van der Waals surface area contributed by atoms with Crippen LogP contribution in [0.4, 0.5) is 20.0 Å². The highest BCUT2D eigenvalue weighted by molar-refractivity contribution is 7.22. The molecule has 2 N–H and O–H groups in total. The van der Waals surface area contributed by atoms with E-state index >= 15 is 0 Å². The molecule has 27 heavy (non-hydrogen) atoms. The van der Waals surface area contributed by atoms with Crippen LogP contribution in [0.2, 0.25) is 0 Å². The highest BCUT2D eigenvalue weighted by atomic mass is 32.1. The molecular formula is C19H17FN4O2S. The van der Waals surface area contributed by atoms with Crippen molar-refractivity contribution in [1.82, 2.24) is 10.3 Å². The number of thiazole rings is 1. The number of amides is 3. The van der Waals surface area contributed by atoms with Gasteiger partial charge < -0.3 is 10.2 Å². The first kappa shape index (κ1) is 17.4. The van der Waals surface area contributed by atoms with Gasteiger partial charge in [-0.05, 0) is 36.8 Å². The zero-order valence-electron chi connectivity index (χ0n) is 14.5. The van der Waals surface area contributed by atoms with Crippen molar-refractivity contribution in [3.63, 3.8) is 0 Å². The molecular weight excluding hydrogens is 367 g/mol. The van der Waals surface area contributed by atoms with E-state index in [0.717, 1.165) is 15.8 Å². The normalized spacial score (nSPS) is 16.7. The third-order valence-electron chi connectivity index (χ3n) is 4.42. The van der Waals surface area contributed by atoms with Gasteiger partial charge in [-0.15, -0.1) is 0 Å². The Labute approximate surface area is 159 Å². The summed E-state index contributed by atoms with van der Waals surface area (Å²) in [6.45, 7) is 2.27. The molecule has 1 aliphatic heterocycles. The van der Waals surface area contributed by atoms with Gasteiger partial charge in [-0.25, -0.2) is 14.2 Å². The lowest BCUT2D eigenvalue weighted by Crippen LogP contribution is -2.39. The van der Waals surface area contributed by atoms with Crippen LogP contribution in [0.1, 0.15) is 12.0 Å². The Balaban J connectivity index is 1.41. The number of halogens is 1. The quantitative estimate of drug-likeness (QED) is 0.724. The summed E-state index contributed by atoms with van der Waals surface area (Å²) in [5.74, 6) is -0.554. The van der Waals surface area contributed by atoms with E-state index in [-0.39, 0.29) is 18.4 Å². The summed E-state index contributed by atoms with van der Waals surface area (Å²) in [7, 11) is 0. The number of nitrogens with one attached hydrogen (secondary N) is 2. The third kappa shape index (κ3) is 3.61. The van der Waals surface area contributed by atoms with Crippen LogP contribution >= 0.6 is 11.3 Å². The van der Waals surface area contributed by atoms with E-state index in [0.29, 0.717) is 17.4 Å². The van der Waals surface area contributed by atoms with Gasteiger partial charge in [0.1, 0.15) is 5.82 Å². The molecule has 0 saturated carbocycles. The van der Waals surface area contributed by atoms with Crippen molar-refractivity contribution >= 4 is 44.3 Å². The van der Waals surface area contributed by atoms with E-state index in [2.05, 4.69) is 15.6 Å². The summed E-state index contributed by atoms with van der Waals surface area (Å²) in [4.78, 5) is 30.4. The number of carbonyl (C=O) groups excluding carboxylic acids is 2. The van der Waals surface area contributed by atoms with Gasteiger partial charge in [0.25, 0.3) is 0 Å². The maximum Gasteiger partial charge on any atom is 0.321 e. The molecule has 3 amide bonds. The molecule has 0 bridgehead atoms. The molecule has 2 heterocycles. The number of carbonyl (C=O) groups is 2. The number of hydrogen-bond acceptors (Lipinski definition) is 4. The fraction of sp³-hybridized carbons (Fsp3) is 0.211. The third-order valence-corrected chi connectivity index (χ3v) is 5.36. The second kappa shape index (κ2) is 6.96. The Kier molecular flexibility index (Phi) is 4.49. The largest absolute Gasteiger partial charge is 0.333 e. The van der Waals surface area contributed by atoms with Crippen molar-refractivity contribution < 1.29 is 14.0 Å². The lowest BCUT2D eigenvalue weighted by atomic mass is 10.2. The number of anilines is 2. The van der Waals surface area contributed by atoms with Gasteiger partial charge in [0.2, 0.25) is 5.91 Å². The molecule has 4 rings (SSSR count). The van der Waals surface area contributed by atoms with Gasteiger partial charge >= 0.3 is 6.03 Å². The van der Waals surface area contributed by atoms with Crippen LogP contribution in [-0.2, 0) is 4.79 Å². The summed E-state index contributed by atoms with van der Waals surface area (Å²) in [6.07, 6.45) is 0.170. The summed E-state index contributed by atoms with van der Waals surface area (Å²) < 4.78 is 14.4.